The van der Waals surface area contributed by atoms with Crippen LogP contribution < -0.4 is 0 Å². The monoisotopic (exact) mass is 429 g/mol. The minimum Gasteiger partial charge on any atom is -0.462 e. The van der Waals surface area contributed by atoms with E-state index in [1.54, 1.807) is 0 Å². The fraction of sp³-hybridized carbons (Fsp3) is 0.846. The third kappa shape index (κ3) is 3.80. The second-order valence-electron chi connectivity index (χ2n) is 11.3. The number of nitrogens with zero attached hydrogens (tertiary/aromatic N) is 1. The summed E-state index contributed by atoms with van der Waals surface area (Å²) in [6, 6.07) is 0. The van der Waals surface area contributed by atoms with Crippen LogP contribution >= 0.6 is 0 Å². The summed E-state index contributed by atoms with van der Waals surface area (Å²) < 4.78 is 11.5. The maximum Gasteiger partial charge on any atom is 0.307 e. The van der Waals surface area contributed by atoms with E-state index in [4.69, 9.17) is 9.47 Å². The minimum absolute atomic E-state index is 0.0212. The molecule has 4 aliphatic carbocycles. The number of morpholine rings is 1. The van der Waals surface area contributed by atoms with Gasteiger partial charge in [-0.2, -0.15) is 0 Å². The molecular weight excluding hydrogens is 390 g/mol. The summed E-state index contributed by atoms with van der Waals surface area (Å²) in [5, 5.41) is 0. The number of carbonyl (C=O) groups is 2. The molecule has 3 saturated carbocycles. The van der Waals surface area contributed by atoms with Gasteiger partial charge in [0.15, 0.2) is 5.78 Å². The van der Waals surface area contributed by atoms with E-state index >= 15 is 0 Å². The van der Waals surface area contributed by atoms with Gasteiger partial charge in [0, 0.05) is 31.5 Å². The molecule has 1 heterocycles. The molecule has 5 aliphatic rings. The molecule has 5 rings (SSSR count). The molecule has 0 amide bonds. The number of ether oxygens (including phenoxy) is 2. The molecule has 0 unspecified atom stereocenters. The molecule has 0 N–H and O–H groups in total. The molecule has 1 aliphatic heterocycles. The predicted molar refractivity (Wildman–Crippen MR) is 118 cm³/mol. The zero-order chi connectivity index (χ0) is 21.6. The topological polar surface area (TPSA) is 55.8 Å². The minimum atomic E-state index is -0.0212. The Hall–Kier alpha value is -1.20. The van der Waals surface area contributed by atoms with E-state index in [-0.39, 0.29) is 22.9 Å². The fourth-order valence-electron chi connectivity index (χ4n) is 8.00. The van der Waals surface area contributed by atoms with Gasteiger partial charge >= 0.3 is 5.97 Å². The number of hydrogen-bond acceptors (Lipinski definition) is 5. The van der Waals surface area contributed by atoms with Crippen molar-refractivity contribution in [3.05, 3.63) is 11.6 Å². The van der Waals surface area contributed by atoms with Crippen molar-refractivity contribution in [1.82, 2.24) is 4.90 Å². The highest BCUT2D eigenvalue weighted by Gasteiger charge is 2.59. The Bertz CT molecular complexity index is 757. The van der Waals surface area contributed by atoms with Gasteiger partial charge in [0.25, 0.3) is 0 Å². The second kappa shape index (κ2) is 8.30. The van der Waals surface area contributed by atoms with Crippen molar-refractivity contribution in [3.63, 3.8) is 0 Å². The Morgan fingerprint density at radius 1 is 1.10 bits per heavy atom. The lowest BCUT2D eigenvalue weighted by molar-refractivity contribution is -0.160. The van der Waals surface area contributed by atoms with Crippen molar-refractivity contribution in [2.45, 2.75) is 77.7 Å². The lowest BCUT2D eigenvalue weighted by atomic mass is 9.47. The first-order chi connectivity index (χ1) is 14.9. The highest BCUT2D eigenvalue weighted by molar-refractivity contribution is 5.91. The summed E-state index contributed by atoms with van der Waals surface area (Å²) in [6.07, 6.45) is 11.2. The molecule has 31 heavy (non-hydrogen) atoms. The van der Waals surface area contributed by atoms with Crippen LogP contribution in [0.5, 0.6) is 0 Å². The van der Waals surface area contributed by atoms with Crippen LogP contribution in [0.15, 0.2) is 11.6 Å². The molecule has 0 aromatic heterocycles. The molecule has 172 valence electrons. The number of ketones is 1. The van der Waals surface area contributed by atoms with Crippen LogP contribution in [0.25, 0.3) is 0 Å². The van der Waals surface area contributed by atoms with Crippen molar-refractivity contribution >= 4 is 11.8 Å². The standard InChI is InChI=1S/C26H39NO4/c1-25-10-7-19(28)17-18(25)3-4-20-21-5-6-23(26(21,2)11-8-22(20)25)31-24(29)9-12-27-13-15-30-16-14-27/h17,20-23H,3-16H2,1-2H3/t20-,21+,22-,23+,25+,26+/m1/s1. The molecule has 5 heteroatoms. The average Bonchev–Trinajstić information content (AvgIpc) is 3.10. The summed E-state index contributed by atoms with van der Waals surface area (Å²) in [7, 11) is 0. The first-order valence-electron chi connectivity index (χ1n) is 12.6. The predicted octanol–water partition coefficient (Wildman–Crippen LogP) is 4.15. The van der Waals surface area contributed by atoms with Crippen LogP contribution in [0.3, 0.4) is 0 Å². The molecule has 0 spiro atoms. The Morgan fingerprint density at radius 3 is 2.71 bits per heavy atom. The molecular formula is C26H39NO4. The van der Waals surface area contributed by atoms with Gasteiger partial charge in [-0.05, 0) is 74.2 Å². The van der Waals surface area contributed by atoms with Crippen molar-refractivity contribution in [3.8, 4) is 0 Å². The number of esters is 1. The second-order valence-corrected chi connectivity index (χ2v) is 11.3. The van der Waals surface area contributed by atoms with Gasteiger partial charge in [-0.25, -0.2) is 0 Å². The number of fused-ring (bicyclic) bond motifs is 5. The van der Waals surface area contributed by atoms with E-state index in [1.165, 1.54) is 24.8 Å². The summed E-state index contributed by atoms with van der Waals surface area (Å²) in [4.78, 5) is 27.0. The molecule has 0 bridgehead atoms. The highest BCUT2D eigenvalue weighted by Crippen LogP contribution is 2.65. The maximum atomic E-state index is 12.7. The Morgan fingerprint density at radius 2 is 1.90 bits per heavy atom. The first kappa shape index (κ1) is 21.6. The average molecular weight is 430 g/mol. The van der Waals surface area contributed by atoms with Crippen LogP contribution in [-0.4, -0.2) is 55.6 Å². The maximum absolute atomic E-state index is 12.7. The summed E-state index contributed by atoms with van der Waals surface area (Å²) >= 11 is 0. The van der Waals surface area contributed by atoms with Crippen LogP contribution in [0.4, 0.5) is 0 Å². The quantitative estimate of drug-likeness (QED) is 0.629. The summed E-state index contributed by atoms with van der Waals surface area (Å²) in [6.45, 7) is 8.99. The smallest absolute Gasteiger partial charge is 0.307 e. The van der Waals surface area contributed by atoms with E-state index in [0.717, 1.165) is 58.5 Å². The zero-order valence-corrected chi connectivity index (χ0v) is 19.4. The van der Waals surface area contributed by atoms with E-state index < -0.39 is 0 Å². The summed E-state index contributed by atoms with van der Waals surface area (Å²) in [5.41, 5.74) is 1.76. The van der Waals surface area contributed by atoms with E-state index in [9.17, 15) is 9.59 Å². The normalized spacial score (nSPS) is 42.9. The number of hydrogen-bond donors (Lipinski definition) is 0. The number of rotatable bonds is 4. The van der Waals surface area contributed by atoms with Gasteiger partial charge in [0.2, 0.25) is 0 Å². The fourth-order valence-corrected chi connectivity index (χ4v) is 8.00. The lowest BCUT2D eigenvalue weighted by Gasteiger charge is -2.57. The third-order valence-corrected chi connectivity index (χ3v) is 9.88. The van der Waals surface area contributed by atoms with Gasteiger partial charge in [-0.15, -0.1) is 0 Å². The molecule has 1 saturated heterocycles. The van der Waals surface area contributed by atoms with Gasteiger partial charge in [-0.3, -0.25) is 14.5 Å². The molecule has 0 aromatic rings. The molecule has 5 nitrogen and oxygen atoms in total. The van der Waals surface area contributed by atoms with Gasteiger partial charge in [-0.1, -0.05) is 19.4 Å². The van der Waals surface area contributed by atoms with E-state index in [2.05, 4.69) is 18.7 Å². The summed E-state index contributed by atoms with van der Waals surface area (Å²) in [5.74, 6) is 2.36. The van der Waals surface area contributed by atoms with E-state index in [0.29, 0.717) is 36.4 Å². The number of allylic oxidation sites excluding steroid dienone is 1. The highest BCUT2D eigenvalue weighted by atomic mass is 16.5. The third-order valence-electron chi connectivity index (χ3n) is 9.88. The van der Waals surface area contributed by atoms with E-state index in [1.807, 2.05) is 6.08 Å². The van der Waals surface area contributed by atoms with Crippen molar-refractivity contribution in [2.24, 2.45) is 28.6 Å². The molecule has 6 atom stereocenters. The lowest BCUT2D eigenvalue weighted by Crippen LogP contribution is -2.51. The van der Waals surface area contributed by atoms with Gasteiger partial charge in [0.1, 0.15) is 6.10 Å². The SMILES string of the molecule is C[C@]12CC[C@@H]3[C@H](CCC4=CC(=O)CC[C@@]43C)[C@@H]1CC[C@@H]2OC(=O)CCN1CCOCC1. The van der Waals surface area contributed by atoms with Crippen molar-refractivity contribution in [1.29, 1.82) is 0 Å². The van der Waals surface area contributed by atoms with Crippen molar-refractivity contribution < 1.29 is 19.1 Å². The van der Waals surface area contributed by atoms with Crippen LogP contribution in [0.1, 0.15) is 71.6 Å². The van der Waals surface area contributed by atoms with Crippen molar-refractivity contribution in [2.75, 3.05) is 32.8 Å². The molecule has 0 radical (unpaired) electrons. The molecule has 0 aromatic carbocycles. The largest absolute Gasteiger partial charge is 0.462 e. The Kier molecular flexibility index (Phi) is 5.79. The van der Waals surface area contributed by atoms with Gasteiger partial charge < -0.3 is 9.47 Å². The van der Waals surface area contributed by atoms with Crippen LogP contribution in [0, 0.1) is 28.6 Å². The molecule has 4 fully saturated rings. The van der Waals surface area contributed by atoms with Gasteiger partial charge in [0.05, 0.1) is 19.6 Å². The number of carbonyl (C=O) groups excluding carboxylic acids is 2. The first-order valence-corrected chi connectivity index (χ1v) is 12.6. The zero-order valence-electron chi connectivity index (χ0n) is 19.4. The Labute approximate surface area is 186 Å². The van der Waals surface area contributed by atoms with Crippen LogP contribution in [-0.2, 0) is 19.1 Å². The van der Waals surface area contributed by atoms with Crippen LogP contribution in [0.2, 0.25) is 0 Å². The Balaban J connectivity index is 1.23.